The lowest BCUT2D eigenvalue weighted by atomic mass is 9.96. The summed E-state index contributed by atoms with van der Waals surface area (Å²) < 4.78 is 31.9. The van der Waals surface area contributed by atoms with Gasteiger partial charge in [0.25, 0.3) is 0 Å². The highest BCUT2D eigenvalue weighted by Crippen LogP contribution is 2.32. The van der Waals surface area contributed by atoms with Crippen LogP contribution in [0.4, 0.5) is 0 Å². The molecule has 0 saturated carbocycles. The number of methoxy groups -OCH3 is 1. The van der Waals surface area contributed by atoms with Crippen LogP contribution in [0.5, 0.6) is 0 Å². The van der Waals surface area contributed by atoms with Crippen molar-refractivity contribution >= 4 is 0 Å². The summed E-state index contributed by atoms with van der Waals surface area (Å²) >= 11 is 0. The van der Waals surface area contributed by atoms with Gasteiger partial charge in [0.1, 0.15) is 73.2 Å². The van der Waals surface area contributed by atoms with Crippen LogP contribution in [0.1, 0.15) is 0 Å². The molecule has 35 heavy (non-hydrogen) atoms. The van der Waals surface area contributed by atoms with Gasteiger partial charge in [0.15, 0.2) is 18.9 Å². The molecule has 16 nitrogen and oxygen atoms in total. The summed E-state index contributed by atoms with van der Waals surface area (Å²) in [7, 11) is 1.21. The van der Waals surface area contributed by atoms with E-state index in [-0.39, 0.29) is 0 Å². The molecule has 0 spiro atoms. The van der Waals surface area contributed by atoms with E-state index in [4.69, 9.17) is 28.4 Å². The molecule has 0 aliphatic carbocycles. The molecule has 0 aromatic heterocycles. The number of aliphatic hydroxyl groups is 10. The highest BCUT2D eigenvalue weighted by Gasteiger charge is 2.53. The summed E-state index contributed by atoms with van der Waals surface area (Å²) in [5, 5.41) is 101. The topological polar surface area (TPSA) is 258 Å². The van der Waals surface area contributed by atoms with Crippen LogP contribution >= 0.6 is 0 Å². The third-order valence-electron chi connectivity index (χ3n) is 6.31. The lowest BCUT2D eigenvalue weighted by Gasteiger charge is -2.48. The van der Waals surface area contributed by atoms with Gasteiger partial charge in [-0.15, -0.1) is 0 Å². The van der Waals surface area contributed by atoms with Gasteiger partial charge in [-0.2, -0.15) is 0 Å². The van der Waals surface area contributed by atoms with E-state index in [1.807, 2.05) is 0 Å². The van der Waals surface area contributed by atoms with E-state index < -0.39 is 112 Å². The van der Waals surface area contributed by atoms with Crippen molar-refractivity contribution in [2.24, 2.45) is 0 Å². The van der Waals surface area contributed by atoms with Crippen molar-refractivity contribution in [3.05, 3.63) is 0 Å². The minimum absolute atomic E-state index is 0.687. The van der Waals surface area contributed by atoms with Crippen LogP contribution in [0.25, 0.3) is 0 Å². The first-order valence-corrected chi connectivity index (χ1v) is 11.0. The lowest BCUT2D eigenvalue weighted by molar-refractivity contribution is -0.379. The highest BCUT2D eigenvalue weighted by atomic mass is 16.8. The molecule has 0 radical (unpaired) electrons. The monoisotopic (exact) mass is 518 g/mol. The van der Waals surface area contributed by atoms with Gasteiger partial charge in [-0.1, -0.05) is 0 Å². The first-order chi connectivity index (χ1) is 16.6. The lowest BCUT2D eigenvalue weighted by Crippen LogP contribution is -2.66. The van der Waals surface area contributed by atoms with Gasteiger partial charge in [-0.05, 0) is 0 Å². The van der Waals surface area contributed by atoms with E-state index in [0.29, 0.717) is 0 Å². The average molecular weight is 518 g/mol. The van der Waals surface area contributed by atoms with Gasteiger partial charge in [0.05, 0.1) is 19.8 Å². The fourth-order valence-electron chi connectivity index (χ4n) is 4.23. The molecule has 10 N–H and O–H groups in total. The molecule has 6 unspecified atom stereocenters. The van der Waals surface area contributed by atoms with Crippen LogP contribution in [-0.2, 0) is 28.4 Å². The largest absolute Gasteiger partial charge is 0.394 e. The molecule has 15 atom stereocenters. The molecule has 3 aliphatic rings. The summed E-state index contributed by atoms with van der Waals surface area (Å²) in [6.45, 7) is -2.22. The van der Waals surface area contributed by atoms with Crippen molar-refractivity contribution < 1.29 is 79.5 Å². The van der Waals surface area contributed by atoms with Crippen molar-refractivity contribution in [3.63, 3.8) is 0 Å². The zero-order valence-corrected chi connectivity index (χ0v) is 18.7. The van der Waals surface area contributed by atoms with Gasteiger partial charge in [0, 0.05) is 7.11 Å². The van der Waals surface area contributed by atoms with Crippen molar-refractivity contribution in [2.75, 3.05) is 26.9 Å². The molecular weight excluding hydrogens is 484 g/mol. The zero-order valence-electron chi connectivity index (χ0n) is 18.7. The fourth-order valence-corrected chi connectivity index (χ4v) is 4.23. The van der Waals surface area contributed by atoms with Crippen LogP contribution in [-0.4, -0.2) is 170 Å². The zero-order chi connectivity index (χ0) is 26.0. The van der Waals surface area contributed by atoms with Crippen molar-refractivity contribution in [1.82, 2.24) is 0 Å². The van der Waals surface area contributed by atoms with Gasteiger partial charge in [-0.3, -0.25) is 0 Å². The Bertz CT molecular complexity index is 652. The maximum Gasteiger partial charge on any atom is 0.187 e. The summed E-state index contributed by atoms with van der Waals surface area (Å²) in [5.41, 5.74) is 0. The summed E-state index contributed by atoms with van der Waals surface area (Å²) in [6, 6.07) is 0. The van der Waals surface area contributed by atoms with E-state index in [2.05, 4.69) is 0 Å². The van der Waals surface area contributed by atoms with E-state index in [1.165, 1.54) is 7.11 Å². The molecule has 0 amide bonds. The van der Waals surface area contributed by atoms with Crippen LogP contribution in [0.2, 0.25) is 0 Å². The van der Waals surface area contributed by atoms with Gasteiger partial charge in [0.2, 0.25) is 0 Å². The van der Waals surface area contributed by atoms with Crippen molar-refractivity contribution in [3.8, 4) is 0 Å². The van der Waals surface area contributed by atoms with E-state index in [1.54, 1.807) is 0 Å². The third kappa shape index (κ3) is 5.78. The van der Waals surface area contributed by atoms with E-state index in [0.717, 1.165) is 0 Å². The van der Waals surface area contributed by atoms with Gasteiger partial charge >= 0.3 is 0 Å². The maximum absolute atomic E-state index is 10.8. The summed E-state index contributed by atoms with van der Waals surface area (Å²) in [4.78, 5) is 0. The molecule has 0 aromatic rings. The fraction of sp³-hybridized carbons (Fsp3) is 1.00. The number of hydrogen-bond donors (Lipinski definition) is 10. The number of hydrogen-bond acceptors (Lipinski definition) is 16. The number of ether oxygens (including phenoxy) is 6. The SMILES string of the molecule is CO[C@@H]1OC(CO)[C@@H](O[C@@H]2OC(CO)[C@H](O)[C@H](O[C@H]3OC(CO)[C@H](O)[C@H](O)C3O)C2O)[C@H](O)C1O. The molecule has 16 heteroatoms. The van der Waals surface area contributed by atoms with Crippen molar-refractivity contribution in [1.29, 1.82) is 0 Å². The molecule has 0 aromatic carbocycles. The minimum atomic E-state index is -1.87. The molecule has 3 fully saturated rings. The predicted molar refractivity (Wildman–Crippen MR) is 106 cm³/mol. The summed E-state index contributed by atoms with van der Waals surface area (Å²) in [5.74, 6) is 0. The van der Waals surface area contributed by atoms with Crippen molar-refractivity contribution in [2.45, 2.75) is 92.1 Å². The maximum atomic E-state index is 10.8. The second kappa shape index (κ2) is 12.3. The summed E-state index contributed by atoms with van der Waals surface area (Å²) in [6.07, 6.45) is -24.1. The minimum Gasteiger partial charge on any atom is -0.394 e. The Hall–Kier alpha value is -0.640. The van der Waals surface area contributed by atoms with E-state index in [9.17, 15) is 51.1 Å². The first-order valence-electron chi connectivity index (χ1n) is 11.0. The number of aliphatic hydroxyl groups excluding tert-OH is 10. The second-order valence-corrected chi connectivity index (χ2v) is 8.55. The quantitative estimate of drug-likeness (QED) is 0.143. The Balaban J connectivity index is 1.78. The second-order valence-electron chi connectivity index (χ2n) is 8.55. The Morgan fingerprint density at radius 1 is 0.486 bits per heavy atom. The molecule has 206 valence electrons. The first kappa shape index (κ1) is 28.9. The highest BCUT2D eigenvalue weighted by molar-refractivity contribution is 4.96. The molecule has 3 aliphatic heterocycles. The smallest absolute Gasteiger partial charge is 0.187 e. The van der Waals surface area contributed by atoms with Crippen LogP contribution < -0.4 is 0 Å². The molecule has 3 rings (SSSR count). The van der Waals surface area contributed by atoms with Gasteiger partial charge in [-0.25, -0.2) is 0 Å². The standard InChI is InChI=1S/C19H34O16/c1-30-17-13(28)11(26)15(7(4-22)33-17)34-19-14(29)16(9(24)6(3-21)32-19)35-18-12(27)10(25)8(23)5(2-20)31-18/h5-29H,2-4H2,1H3/t5?,6?,7?,8-,9-,10-,11+,12?,13?,14?,15+,16-,17+,18+,19-/m0/s1. The van der Waals surface area contributed by atoms with Crippen LogP contribution in [0.3, 0.4) is 0 Å². The molecule has 3 heterocycles. The number of rotatable bonds is 8. The normalized spacial score (nSPS) is 51.3. The average Bonchev–Trinajstić information content (AvgIpc) is 2.86. The van der Waals surface area contributed by atoms with E-state index >= 15 is 0 Å². The Labute approximate surface area is 199 Å². The molecular formula is C19H34O16. The Kier molecular flexibility index (Phi) is 10.1. The molecule has 0 bridgehead atoms. The third-order valence-corrected chi connectivity index (χ3v) is 6.31. The van der Waals surface area contributed by atoms with Gasteiger partial charge < -0.3 is 79.5 Å². The van der Waals surface area contributed by atoms with Crippen LogP contribution in [0.15, 0.2) is 0 Å². The Morgan fingerprint density at radius 3 is 1.49 bits per heavy atom. The van der Waals surface area contributed by atoms with Crippen LogP contribution in [0, 0.1) is 0 Å². The molecule has 3 saturated heterocycles. The Morgan fingerprint density at radius 2 is 0.943 bits per heavy atom. The predicted octanol–water partition coefficient (Wildman–Crippen LogP) is -6.92.